The summed E-state index contributed by atoms with van der Waals surface area (Å²) in [6.07, 6.45) is 2.07. The Bertz CT molecular complexity index is 624. The zero-order valence-corrected chi connectivity index (χ0v) is 13.8. The molecule has 2 N–H and O–H groups in total. The molecule has 1 saturated heterocycles. The zero-order valence-electron chi connectivity index (χ0n) is 12.1. The predicted molar refractivity (Wildman–Crippen MR) is 81.5 cm³/mol. The van der Waals surface area contributed by atoms with E-state index in [1.54, 1.807) is 6.92 Å². The van der Waals surface area contributed by atoms with E-state index in [0.29, 0.717) is 11.4 Å². The molecule has 1 aliphatic heterocycles. The summed E-state index contributed by atoms with van der Waals surface area (Å²) >= 11 is 0.983. The minimum Gasteiger partial charge on any atom is -0.477 e. The SMILES string of the molecule is CCN1CCCC1CNS(=O)(=O)c1cc(C(=O)O)sc1C. The number of nitrogens with one attached hydrogen (secondary N) is 1. The normalized spacial score (nSPS) is 20.0. The topological polar surface area (TPSA) is 86.7 Å². The summed E-state index contributed by atoms with van der Waals surface area (Å²) in [7, 11) is -3.65. The van der Waals surface area contributed by atoms with Crippen molar-refractivity contribution in [3.05, 3.63) is 15.8 Å². The van der Waals surface area contributed by atoms with Gasteiger partial charge in [-0.05, 0) is 38.9 Å². The number of aryl methyl sites for hydroxylation is 1. The Hall–Kier alpha value is -0.960. The molecule has 0 spiro atoms. The molecule has 1 atom stereocenters. The number of carbonyl (C=O) groups is 1. The van der Waals surface area contributed by atoms with Gasteiger partial charge < -0.3 is 5.11 Å². The van der Waals surface area contributed by atoms with E-state index in [4.69, 9.17) is 5.11 Å². The molecule has 118 valence electrons. The zero-order chi connectivity index (χ0) is 15.6. The van der Waals surface area contributed by atoms with Crippen molar-refractivity contribution in [1.29, 1.82) is 0 Å². The summed E-state index contributed by atoms with van der Waals surface area (Å²) in [5.41, 5.74) is 0. The fraction of sp³-hybridized carbons (Fsp3) is 0.615. The summed E-state index contributed by atoms with van der Waals surface area (Å²) in [6, 6.07) is 1.46. The number of thiophene rings is 1. The summed E-state index contributed by atoms with van der Waals surface area (Å²) in [5.74, 6) is -1.10. The van der Waals surface area contributed by atoms with E-state index in [2.05, 4.69) is 16.5 Å². The van der Waals surface area contributed by atoms with Gasteiger partial charge in [-0.1, -0.05) is 6.92 Å². The minimum absolute atomic E-state index is 0.0453. The monoisotopic (exact) mass is 332 g/mol. The first-order chi connectivity index (χ1) is 9.85. The Morgan fingerprint density at radius 3 is 2.86 bits per heavy atom. The maximum absolute atomic E-state index is 12.3. The third-order valence-electron chi connectivity index (χ3n) is 3.79. The standard InChI is InChI=1S/C13H20N2O4S2/c1-3-15-6-4-5-10(15)8-14-21(18,19)12-7-11(13(16)17)20-9(12)2/h7,10,14H,3-6,8H2,1-2H3,(H,16,17). The number of likely N-dealkylation sites (tertiary alicyclic amines) is 1. The number of carboxylic acids is 1. The predicted octanol–water partition coefficient (Wildman–Crippen LogP) is 1.52. The summed E-state index contributed by atoms with van der Waals surface area (Å²) < 4.78 is 27.3. The molecular formula is C13H20N2O4S2. The molecule has 8 heteroatoms. The molecular weight excluding hydrogens is 312 g/mol. The Balaban J connectivity index is 2.10. The molecule has 1 aromatic rings. The molecule has 0 bridgehead atoms. The lowest BCUT2D eigenvalue weighted by Gasteiger charge is -2.22. The van der Waals surface area contributed by atoms with Crippen molar-refractivity contribution in [3.63, 3.8) is 0 Å². The molecule has 2 heterocycles. The van der Waals surface area contributed by atoms with Gasteiger partial charge in [-0.15, -0.1) is 11.3 Å². The van der Waals surface area contributed by atoms with Crippen molar-refractivity contribution in [3.8, 4) is 0 Å². The van der Waals surface area contributed by atoms with E-state index in [1.165, 1.54) is 6.07 Å². The Labute approximate surface area is 128 Å². The third-order valence-corrected chi connectivity index (χ3v) is 6.50. The van der Waals surface area contributed by atoms with Gasteiger partial charge in [-0.25, -0.2) is 17.9 Å². The molecule has 0 saturated carbocycles. The number of likely N-dealkylation sites (N-methyl/N-ethyl adjacent to an activating group) is 1. The lowest BCUT2D eigenvalue weighted by molar-refractivity contribution is 0.0702. The highest BCUT2D eigenvalue weighted by Crippen LogP contribution is 2.26. The van der Waals surface area contributed by atoms with Crippen LogP contribution < -0.4 is 4.72 Å². The number of sulfonamides is 1. The van der Waals surface area contributed by atoms with Crippen molar-refractivity contribution in [1.82, 2.24) is 9.62 Å². The minimum atomic E-state index is -3.65. The summed E-state index contributed by atoms with van der Waals surface area (Å²) in [6.45, 7) is 5.97. The van der Waals surface area contributed by atoms with E-state index in [-0.39, 0.29) is 15.8 Å². The van der Waals surface area contributed by atoms with Crippen LogP contribution in [0.4, 0.5) is 0 Å². The number of hydrogen-bond donors (Lipinski definition) is 2. The van der Waals surface area contributed by atoms with Crippen LogP contribution >= 0.6 is 11.3 Å². The molecule has 0 aromatic carbocycles. The van der Waals surface area contributed by atoms with Crippen molar-refractivity contribution in [2.75, 3.05) is 19.6 Å². The number of rotatable bonds is 6. The fourth-order valence-electron chi connectivity index (χ4n) is 2.66. The Morgan fingerprint density at radius 1 is 1.57 bits per heavy atom. The largest absolute Gasteiger partial charge is 0.477 e. The Kier molecular flexibility index (Phi) is 5.03. The van der Waals surface area contributed by atoms with Crippen LogP contribution in [0.15, 0.2) is 11.0 Å². The van der Waals surface area contributed by atoms with Crippen LogP contribution in [0.2, 0.25) is 0 Å². The highest BCUT2D eigenvalue weighted by molar-refractivity contribution is 7.89. The molecule has 1 aromatic heterocycles. The number of carboxylic acid groups (broad SMARTS) is 1. The highest BCUT2D eigenvalue weighted by atomic mass is 32.2. The van der Waals surface area contributed by atoms with E-state index >= 15 is 0 Å². The van der Waals surface area contributed by atoms with Crippen LogP contribution in [0.25, 0.3) is 0 Å². The molecule has 6 nitrogen and oxygen atoms in total. The van der Waals surface area contributed by atoms with Crippen molar-refractivity contribution in [2.45, 2.75) is 37.6 Å². The molecule has 2 rings (SSSR count). The number of nitrogens with zero attached hydrogens (tertiary/aromatic N) is 1. The second kappa shape index (κ2) is 6.43. The van der Waals surface area contributed by atoms with Gasteiger partial charge in [0.1, 0.15) is 4.88 Å². The molecule has 1 fully saturated rings. The smallest absolute Gasteiger partial charge is 0.345 e. The molecule has 0 aliphatic carbocycles. The fourth-order valence-corrected chi connectivity index (χ4v) is 5.16. The first-order valence-corrected chi connectivity index (χ1v) is 9.22. The van der Waals surface area contributed by atoms with Gasteiger partial charge in [0.15, 0.2) is 0 Å². The molecule has 21 heavy (non-hydrogen) atoms. The second-order valence-electron chi connectivity index (χ2n) is 5.11. The van der Waals surface area contributed by atoms with Crippen molar-refractivity contribution in [2.24, 2.45) is 0 Å². The van der Waals surface area contributed by atoms with Crippen LogP contribution in [0.5, 0.6) is 0 Å². The second-order valence-corrected chi connectivity index (χ2v) is 8.10. The lowest BCUT2D eigenvalue weighted by atomic mass is 10.2. The third kappa shape index (κ3) is 3.63. The van der Waals surface area contributed by atoms with E-state index in [1.807, 2.05) is 0 Å². The van der Waals surface area contributed by atoms with Gasteiger partial charge >= 0.3 is 5.97 Å². The van der Waals surface area contributed by atoms with Gasteiger partial charge in [0, 0.05) is 17.5 Å². The number of hydrogen-bond acceptors (Lipinski definition) is 5. The van der Waals surface area contributed by atoms with Gasteiger partial charge in [-0.2, -0.15) is 0 Å². The van der Waals surface area contributed by atoms with Crippen LogP contribution in [0.3, 0.4) is 0 Å². The maximum atomic E-state index is 12.3. The molecule has 0 amide bonds. The van der Waals surface area contributed by atoms with E-state index < -0.39 is 16.0 Å². The van der Waals surface area contributed by atoms with Gasteiger partial charge in [-0.3, -0.25) is 4.90 Å². The van der Waals surface area contributed by atoms with Gasteiger partial charge in [0.25, 0.3) is 0 Å². The van der Waals surface area contributed by atoms with E-state index in [9.17, 15) is 13.2 Å². The highest BCUT2D eigenvalue weighted by Gasteiger charge is 2.27. The van der Waals surface area contributed by atoms with Crippen LogP contribution in [-0.2, 0) is 10.0 Å². The van der Waals surface area contributed by atoms with Crippen molar-refractivity contribution < 1.29 is 18.3 Å². The average Bonchev–Trinajstić information content (AvgIpc) is 3.02. The summed E-state index contributed by atoms with van der Waals surface area (Å²) in [5, 5.41) is 8.95. The van der Waals surface area contributed by atoms with Gasteiger partial charge in [0.2, 0.25) is 10.0 Å². The maximum Gasteiger partial charge on any atom is 0.345 e. The van der Waals surface area contributed by atoms with Crippen LogP contribution in [-0.4, -0.2) is 50.1 Å². The van der Waals surface area contributed by atoms with Crippen LogP contribution in [0, 0.1) is 6.92 Å². The first kappa shape index (κ1) is 16.4. The van der Waals surface area contributed by atoms with Crippen molar-refractivity contribution >= 4 is 27.3 Å². The Morgan fingerprint density at radius 2 is 2.29 bits per heavy atom. The molecule has 1 unspecified atom stereocenters. The molecule has 1 aliphatic rings. The van der Waals surface area contributed by atoms with Crippen LogP contribution in [0.1, 0.15) is 34.3 Å². The first-order valence-electron chi connectivity index (χ1n) is 6.92. The molecule has 0 radical (unpaired) electrons. The average molecular weight is 332 g/mol. The quantitative estimate of drug-likeness (QED) is 0.825. The van der Waals surface area contributed by atoms with E-state index in [0.717, 1.165) is 37.3 Å². The summed E-state index contributed by atoms with van der Waals surface area (Å²) in [4.78, 5) is 13.8. The number of aromatic carboxylic acids is 1. The lowest BCUT2D eigenvalue weighted by Crippen LogP contribution is -2.40. The van der Waals surface area contributed by atoms with Gasteiger partial charge in [0.05, 0.1) is 4.90 Å².